The summed E-state index contributed by atoms with van der Waals surface area (Å²) in [5, 5.41) is 3.04. The topological polar surface area (TPSA) is 86.8 Å². The van der Waals surface area contributed by atoms with E-state index in [1.165, 1.54) is 10.6 Å². The first-order chi connectivity index (χ1) is 19.4. The van der Waals surface area contributed by atoms with E-state index in [-0.39, 0.29) is 37.2 Å². The maximum absolute atomic E-state index is 13.9. The number of nitrogens with zero attached hydrogens (tertiary/aromatic N) is 2. The molecule has 0 bridgehead atoms. The Morgan fingerprint density at radius 3 is 2.10 bits per heavy atom. The van der Waals surface area contributed by atoms with E-state index in [0.717, 1.165) is 22.3 Å². The Morgan fingerprint density at radius 2 is 1.49 bits per heavy atom. The number of rotatable bonds is 14. The summed E-state index contributed by atoms with van der Waals surface area (Å²) in [5.41, 5.74) is 4.49. The first kappa shape index (κ1) is 31.9. The van der Waals surface area contributed by atoms with Gasteiger partial charge in [0.1, 0.15) is 6.04 Å². The summed E-state index contributed by atoms with van der Waals surface area (Å²) in [4.78, 5) is 29.2. The van der Waals surface area contributed by atoms with E-state index < -0.39 is 16.1 Å². The van der Waals surface area contributed by atoms with Gasteiger partial charge in [-0.1, -0.05) is 86.1 Å². The van der Waals surface area contributed by atoms with Crippen LogP contribution in [0, 0.1) is 19.8 Å². The van der Waals surface area contributed by atoms with Gasteiger partial charge in [-0.15, -0.1) is 0 Å². The molecule has 0 saturated carbocycles. The smallest absolute Gasteiger partial charge is 0.243 e. The summed E-state index contributed by atoms with van der Waals surface area (Å²) in [7, 11) is -3.55. The fourth-order valence-electron chi connectivity index (χ4n) is 4.77. The van der Waals surface area contributed by atoms with Crippen LogP contribution in [0.4, 0.5) is 5.69 Å². The van der Waals surface area contributed by atoms with Crippen molar-refractivity contribution in [1.29, 1.82) is 0 Å². The number of amides is 2. The number of carbonyl (C=O) groups excluding carboxylic acids is 2. The van der Waals surface area contributed by atoms with Gasteiger partial charge < -0.3 is 10.2 Å². The normalized spacial score (nSPS) is 12.1. The summed E-state index contributed by atoms with van der Waals surface area (Å²) in [5.74, 6) is -0.119. The van der Waals surface area contributed by atoms with Crippen LogP contribution >= 0.6 is 0 Å². The van der Waals surface area contributed by atoms with Gasteiger partial charge in [-0.3, -0.25) is 13.9 Å². The SMILES string of the molecule is Cc1cccc(CN(C(=O)CCCN(c2cccc(C)c2)S(C)(=O)=O)[C@H](Cc2ccccc2)C(=O)NCC(C)C)c1. The van der Waals surface area contributed by atoms with Crippen molar-refractivity contribution in [3.05, 3.63) is 101 Å². The molecule has 3 aromatic carbocycles. The highest BCUT2D eigenvalue weighted by molar-refractivity contribution is 7.92. The number of hydrogen-bond acceptors (Lipinski definition) is 4. The average molecular weight is 578 g/mol. The molecule has 3 rings (SSSR count). The zero-order valence-corrected chi connectivity index (χ0v) is 25.7. The van der Waals surface area contributed by atoms with Crippen LogP contribution in [0.15, 0.2) is 78.9 Å². The number of sulfonamides is 1. The quantitative estimate of drug-likeness (QED) is 0.283. The molecular formula is C33H43N3O4S. The van der Waals surface area contributed by atoms with E-state index in [1.54, 1.807) is 11.0 Å². The van der Waals surface area contributed by atoms with Crippen LogP contribution in [0.1, 0.15) is 48.9 Å². The van der Waals surface area contributed by atoms with Crippen LogP contribution in [-0.4, -0.2) is 50.5 Å². The van der Waals surface area contributed by atoms with E-state index in [9.17, 15) is 18.0 Å². The van der Waals surface area contributed by atoms with Crippen LogP contribution < -0.4 is 9.62 Å². The third-order valence-corrected chi connectivity index (χ3v) is 8.03. The standard InChI is InChI=1S/C33H43N3O4S/c1-25(2)23-34-33(38)31(22-28-14-7-6-8-15-28)35(24-29-16-9-12-26(3)20-29)32(37)18-11-19-36(41(5,39)40)30-17-10-13-27(4)21-30/h6-10,12-17,20-21,25,31H,11,18-19,22-24H2,1-5H3,(H,34,38)/t31-/m1/s1. The van der Waals surface area contributed by atoms with E-state index in [1.807, 2.05) is 100 Å². The molecule has 0 spiro atoms. The molecular weight excluding hydrogens is 534 g/mol. The van der Waals surface area contributed by atoms with E-state index in [0.29, 0.717) is 25.1 Å². The van der Waals surface area contributed by atoms with Gasteiger partial charge in [0.05, 0.1) is 11.9 Å². The highest BCUT2D eigenvalue weighted by Crippen LogP contribution is 2.21. The highest BCUT2D eigenvalue weighted by atomic mass is 32.2. The van der Waals surface area contributed by atoms with E-state index >= 15 is 0 Å². The minimum atomic E-state index is -3.55. The number of benzene rings is 3. The summed E-state index contributed by atoms with van der Waals surface area (Å²) in [6, 6.07) is 24.2. The molecule has 0 radical (unpaired) electrons. The van der Waals surface area contributed by atoms with Gasteiger partial charge >= 0.3 is 0 Å². The van der Waals surface area contributed by atoms with Crippen molar-refractivity contribution in [1.82, 2.24) is 10.2 Å². The Hall–Kier alpha value is -3.65. The van der Waals surface area contributed by atoms with E-state index in [2.05, 4.69) is 5.32 Å². The average Bonchev–Trinajstić information content (AvgIpc) is 2.91. The molecule has 0 aliphatic rings. The number of anilines is 1. The molecule has 3 aromatic rings. The van der Waals surface area contributed by atoms with Crippen molar-refractivity contribution < 1.29 is 18.0 Å². The van der Waals surface area contributed by atoms with Gasteiger partial charge in [-0.05, 0) is 55.0 Å². The van der Waals surface area contributed by atoms with Gasteiger partial charge in [0.25, 0.3) is 0 Å². The minimum absolute atomic E-state index is 0.104. The van der Waals surface area contributed by atoms with Gasteiger partial charge in [0, 0.05) is 32.5 Å². The summed E-state index contributed by atoms with van der Waals surface area (Å²) in [6.45, 7) is 8.92. The molecule has 2 amide bonds. The summed E-state index contributed by atoms with van der Waals surface area (Å²) >= 11 is 0. The van der Waals surface area contributed by atoms with Gasteiger partial charge in [-0.2, -0.15) is 0 Å². The molecule has 7 nitrogen and oxygen atoms in total. The Labute approximate surface area is 245 Å². The van der Waals surface area contributed by atoms with Crippen molar-refractivity contribution in [2.45, 2.75) is 59.5 Å². The van der Waals surface area contributed by atoms with Crippen LogP contribution in [0.3, 0.4) is 0 Å². The molecule has 0 aromatic heterocycles. The molecule has 0 heterocycles. The first-order valence-corrected chi connectivity index (χ1v) is 16.0. The summed E-state index contributed by atoms with van der Waals surface area (Å²) in [6.07, 6.45) is 1.97. The Morgan fingerprint density at radius 1 is 0.854 bits per heavy atom. The van der Waals surface area contributed by atoms with Crippen molar-refractivity contribution in [3.63, 3.8) is 0 Å². The van der Waals surface area contributed by atoms with E-state index in [4.69, 9.17) is 0 Å². The number of hydrogen-bond donors (Lipinski definition) is 1. The fourth-order valence-corrected chi connectivity index (χ4v) is 5.73. The third-order valence-electron chi connectivity index (χ3n) is 6.83. The maximum atomic E-state index is 13.9. The zero-order chi connectivity index (χ0) is 30.0. The van der Waals surface area contributed by atoms with Gasteiger partial charge in [0.2, 0.25) is 21.8 Å². The number of aryl methyl sites for hydroxylation is 2. The molecule has 8 heteroatoms. The maximum Gasteiger partial charge on any atom is 0.243 e. The lowest BCUT2D eigenvalue weighted by atomic mass is 10.0. The van der Waals surface area contributed by atoms with Crippen molar-refractivity contribution >= 4 is 27.5 Å². The second kappa shape index (κ2) is 14.8. The predicted octanol–water partition coefficient (Wildman–Crippen LogP) is 5.26. The lowest BCUT2D eigenvalue weighted by Crippen LogP contribution is -2.51. The third kappa shape index (κ3) is 10.0. The first-order valence-electron chi connectivity index (χ1n) is 14.1. The second-order valence-electron chi connectivity index (χ2n) is 11.1. The molecule has 0 saturated heterocycles. The summed E-state index contributed by atoms with van der Waals surface area (Å²) < 4.78 is 26.6. The molecule has 1 atom stereocenters. The molecule has 220 valence electrons. The highest BCUT2D eigenvalue weighted by Gasteiger charge is 2.30. The van der Waals surface area contributed by atoms with Crippen LogP contribution in [0.2, 0.25) is 0 Å². The Bertz CT molecular complexity index is 1410. The lowest BCUT2D eigenvalue weighted by Gasteiger charge is -2.32. The molecule has 1 N–H and O–H groups in total. The fraction of sp³-hybridized carbons (Fsp3) is 0.394. The molecule has 0 fully saturated rings. The Kier molecular flexibility index (Phi) is 11.5. The van der Waals surface area contributed by atoms with Crippen LogP contribution in [-0.2, 0) is 32.6 Å². The van der Waals surface area contributed by atoms with Crippen LogP contribution in [0.25, 0.3) is 0 Å². The molecule has 41 heavy (non-hydrogen) atoms. The van der Waals surface area contributed by atoms with Crippen LogP contribution in [0.5, 0.6) is 0 Å². The van der Waals surface area contributed by atoms with Crippen molar-refractivity contribution in [2.75, 3.05) is 23.7 Å². The van der Waals surface area contributed by atoms with Gasteiger partial charge in [0.15, 0.2) is 0 Å². The molecule has 0 unspecified atom stereocenters. The lowest BCUT2D eigenvalue weighted by molar-refractivity contribution is -0.141. The second-order valence-corrected chi connectivity index (χ2v) is 13.0. The minimum Gasteiger partial charge on any atom is -0.354 e. The van der Waals surface area contributed by atoms with Gasteiger partial charge in [-0.25, -0.2) is 8.42 Å². The molecule has 0 aliphatic heterocycles. The predicted molar refractivity (Wildman–Crippen MR) is 166 cm³/mol. The largest absolute Gasteiger partial charge is 0.354 e. The van der Waals surface area contributed by atoms with Crippen molar-refractivity contribution in [2.24, 2.45) is 5.92 Å². The monoisotopic (exact) mass is 577 g/mol. The molecule has 0 aliphatic carbocycles. The Balaban J connectivity index is 1.88. The number of nitrogens with one attached hydrogen (secondary N) is 1. The zero-order valence-electron chi connectivity index (χ0n) is 24.8. The van der Waals surface area contributed by atoms with Crippen molar-refractivity contribution in [3.8, 4) is 0 Å². The number of carbonyl (C=O) groups is 2.